The highest BCUT2D eigenvalue weighted by Gasteiger charge is 2.26. The number of aromatic nitrogens is 2. The monoisotopic (exact) mass is 562 g/mol. The molecule has 41 heavy (non-hydrogen) atoms. The average molecular weight is 563 g/mol. The highest BCUT2D eigenvalue weighted by atomic mass is 32.2. The van der Waals surface area contributed by atoms with Crippen LogP contribution in [0.2, 0.25) is 0 Å². The molecule has 0 aliphatic heterocycles. The lowest BCUT2D eigenvalue weighted by Crippen LogP contribution is -2.25. The Bertz CT molecular complexity index is 1760. The summed E-state index contributed by atoms with van der Waals surface area (Å²) in [5, 5.41) is 5.23. The van der Waals surface area contributed by atoms with E-state index in [0.29, 0.717) is 22.6 Å². The number of thioether (sulfide) groups is 1. The molecule has 0 bridgehead atoms. The molecule has 0 spiro atoms. The molecule has 1 atom stereocenters. The Kier molecular flexibility index (Phi) is 8.21. The van der Waals surface area contributed by atoms with Gasteiger partial charge in [0.2, 0.25) is 5.91 Å². The van der Waals surface area contributed by atoms with Gasteiger partial charge in [0.15, 0.2) is 0 Å². The van der Waals surface area contributed by atoms with E-state index in [0.717, 1.165) is 16.0 Å². The smallest absolute Gasteiger partial charge is 0.295 e. The van der Waals surface area contributed by atoms with E-state index in [1.165, 1.54) is 16.4 Å². The predicted molar refractivity (Wildman–Crippen MR) is 165 cm³/mol. The van der Waals surface area contributed by atoms with Crippen molar-refractivity contribution in [2.24, 2.45) is 7.05 Å². The van der Waals surface area contributed by atoms with Gasteiger partial charge in [-0.3, -0.25) is 19.1 Å². The molecule has 0 aliphatic carbocycles. The fraction of sp³-hybridized carbons (Fsp3) is 0.121. The first-order chi connectivity index (χ1) is 19.8. The number of carbonyl (C=O) groups is 2. The normalized spacial score (nSPS) is 11.6. The second kappa shape index (κ2) is 12.1. The number of hydrogen-bond donors (Lipinski definition) is 2. The molecule has 2 amide bonds. The van der Waals surface area contributed by atoms with Crippen LogP contribution in [-0.2, 0) is 11.8 Å². The molecule has 0 saturated heterocycles. The van der Waals surface area contributed by atoms with Crippen molar-refractivity contribution in [2.75, 3.05) is 10.6 Å². The lowest BCUT2D eigenvalue weighted by atomic mass is 10.1. The van der Waals surface area contributed by atoms with E-state index in [4.69, 9.17) is 0 Å². The molecule has 0 saturated carbocycles. The Balaban J connectivity index is 1.42. The van der Waals surface area contributed by atoms with Gasteiger partial charge in [0.05, 0.1) is 11.4 Å². The van der Waals surface area contributed by atoms with Crippen LogP contribution in [0.4, 0.5) is 11.4 Å². The van der Waals surface area contributed by atoms with E-state index in [1.807, 2.05) is 117 Å². The summed E-state index contributed by atoms with van der Waals surface area (Å²) in [5.41, 5.74) is 4.20. The quantitative estimate of drug-likeness (QED) is 0.211. The van der Waals surface area contributed by atoms with Crippen molar-refractivity contribution in [2.45, 2.75) is 24.0 Å². The molecule has 1 aromatic heterocycles. The fourth-order valence-electron chi connectivity index (χ4n) is 4.61. The number of nitrogens with zero attached hydrogens (tertiary/aromatic N) is 2. The number of hydrogen-bond acceptors (Lipinski definition) is 4. The van der Waals surface area contributed by atoms with Gasteiger partial charge in [0, 0.05) is 23.2 Å². The van der Waals surface area contributed by atoms with Crippen molar-refractivity contribution < 1.29 is 9.59 Å². The average Bonchev–Trinajstić information content (AvgIpc) is 3.19. The molecule has 8 heteroatoms. The maximum atomic E-state index is 13.8. The Morgan fingerprint density at radius 1 is 0.780 bits per heavy atom. The van der Waals surface area contributed by atoms with Gasteiger partial charge in [-0.1, -0.05) is 72.8 Å². The third-order valence-corrected chi connectivity index (χ3v) is 8.13. The van der Waals surface area contributed by atoms with Gasteiger partial charge >= 0.3 is 0 Å². The molecule has 0 radical (unpaired) electrons. The zero-order valence-corrected chi connectivity index (χ0v) is 23.8. The summed E-state index contributed by atoms with van der Waals surface area (Å²) in [7, 11) is 1.79. The van der Waals surface area contributed by atoms with E-state index in [9.17, 15) is 14.4 Å². The zero-order chi connectivity index (χ0) is 28.9. The van der Waals surface area contributed by atoms with Crippen LogP contribution >= 0.6 is 11.8 Å². The first-order valence-electron chi connectivity index (χ1n) is 13.2. The molecule has 0 aliphatic rings. The van der Waals surface area contributed by atoms with Crippen LogP contribution in [0.5, 0.6) is 0 Å². The van der Waals surface area contributed by atoms with Crippen molar-refractivity contribution in [3.8, 4) is 5.69 Å². The second-order valence-corrected chi connectivity index (χ2v) is 10.8. The van der Waals surface area contributed by atoms with Crippen LogP contribution in [0.3, 0.4) is 0 Å². The van der Waals surface area contributed by atoms with Gasteiger partial charge in [-0.15, -0.1) is 11.8 Å². The number of anilines is 2. The van der Waals surface area contributed by atoms with E-state index >= 15 is 0 Å². The summed E-state index contributed by atoms with van der Waals surface area (Å²) < 4.78 is 3.27. The molecule has 0 fully saturated rings. The van der Waals surface area contributed by atoms with Crippen LogP contribution in [-0.4, -0.2) is 21.2 Å². The molecule has 2 N–H and O–H groups in total. The lowest BCUT2D eigenvalue weighted by Gasteiger charge is -2.17. The van der Waals surface area contributed by atoms with Crippen LogP contribution in [0.25, 0.3) is 5.69 Å². The van der Waals surface area contributed by atoms with Crippen molar-refractivity contribution in [3.05, 3.63) is 142 Å². The molecule has 7 nitrogen and oxygen atoms in total. The maximum absolute atomic E-state index is 13.8. The largest absolute Gasteiger partial charge is 0.322 e. The zero-order valence-electron chi connectivity index (χ0n) is 23.0. The Hall–Kier alpha value is -4.82. The standard InChI is InChI=1S/C33H30N4O3S/c1-22-13-10-11-20-28(22)31(38)34-25-16-12-19-27(21-25)41-30(24-14-6-4-7-15-24)32(39)35-29-23(2)36(3)37(33(29)40)26-17-8-5-9-18-26/h4-21,30H,1-3H3,(H,34,38)(H,35,39). The van der Waals surface area contributed by atoms with E-state index in [-0.39, 0.29) is 23.1 Å². The number of benzene rings is 4. The minimum atomic E-state index is -0.650. The molecule has 5 rings (SSSR count). The van der Waals surface area contributed by atoms with Gasteiger partial charge in [-0.05, 0) is 61.4 Å². The third kappa shape index (κ3) is 6.02. The first kappa shape index (κ1) is 27.7. The van der Waals surface area contributed by atoms with Crippen LogP contribution in [0, 0.1) is 13.8 Å². The number of aryl methyl sites for hydroxylation is 1. The number of carbonyl (C=O) groups excluding carboxylic acids is 2. The van der Waals surface area contributed by atoms with Crippen molar-refractivity contribution in [1.29, 1.82) is 0 Å². The SMILES string of the molecule is Cc1ccccc1C(=O)Nc1cccc(SC(C(=O)Nc2c(C)n(C)n(-c3ccccc3)c2=O)c2ccccc2)c1. The van der Waals surface area contributed by atoms with Crippen molar-refractivity contribution >= 4 is 35.0 Å². The van der Waals surface area contributed by atoms with E-state index in [2.05, 4.69) is 10.6 Å². The molecule has 4 aromatic carbocycles. The summed E-state index contributed by atoms with van der Waals surface area (Å²) in [6.07, 6.45) is 0. The summed E-state index contributed by atoms with van der Waals surface area (Å²) in [5.74, 6) is -0.515. The summed E-state index contributed by atoms with van der Waals surface area (Å²) >= 11 is 1.35. The lowest BCUT2D eigenvalue weighted by molar-refractivity contribution is -0.115. The predicted octanol–water partition coefficient (Wildman–Crippen LogP) is 6.52. The van der Waals surface area contributed by atoms with E-state index in [1.54, 1.807) is 17.8 Å². The fourth-order valence-corrected chi connectivity index (χ4v) is 5.69. The second-order valence-electron chi connectivity index (χ2n) is 9.63. The third-order valence-electron chi connectivity index (χ3n) is 6.88. The topological polar surface area (TPSA) is 85.1 Å². The minimum absolute atomic E-state index is 0.197. The summed E-state index contributed by atoms with van der Waals surface area (Å²) in [6, 6.07) is 33.6. The van der Waals surface area contributed by atoms with Gasteiger partial charge in [0.25, 0.3) is 11.5 Å². The molecular weight excluding hydrogens is 532 g/mol. The summed E-state index contributed by atoms with van der Waals surface area (Å²) in [4.78, 5) is 40.9. The highest BCUT2D eigenvalue weighted by molar-refractivity contribution is 8.00. The van der Waals surface area contributed by atoms with E-state index < -0.39 is 5.25 Å². The van der Waals surface area contributed by atoms with Gasteiger partial charge < -0.3 is 10.6 Å². The summed E-state index contributed by atoms with van der Waals surface area (Å²) in [6.45, 7) is 3.70. The highest BCUT2D eigenvalue weighted by Crippen LogP contribution is 2.37. The molecule has 206 valence electrons. The Morgan fingerprint density at radius 2 is 1.44 bits per heavy atom. The molecular formula is C33H30N4O3S. The number of nitrogens with one attached hydrogen (secondary N) is 2. The Labute approximate surface area is 242 Å². The first-order valence-corrected chi connectivity index (χ1v) is 14.0. The van der Waals surface area contributed by atoms with Gasteiger partial charge in [0.1, 0.15) is 10.9 Å². The minimum Gasteiger partial charge on any atom is -0.322 e. The van der Waals surface area contributed by atoms with Crippen molar-refractivity contribution in [3.63, 3.8) is 0 Å². The van der Waals surface area contributed by atoms with Crippen LogP contribution < -0.4 is 16.2 Å². The van der Waals surface area contributed by atoms with Crippen LogP contribution in [0.1, 0.15) is 32.4 Å². The maximum Gasteiger partial charge on any atom is 0.295 e. The number of para-hydroxylation sites is 1. The number of rotatable bonds is 8. The van der Waals surface area contributed by atoms with Gasteiger partial charge in [-0.2, -0.15) is 0 Å². The molecule has 5 aromatic rings. The molecule has 1 unspecified atom stereocenters. The Morgan fingerprint density at radius 3 is 2.15 bits per heavy atom. The molecule has 1 heterocycles. The van der Waals surface area contributed by atoms with Crippen molar-refractivity contribution in [1.82, 2.24) is 9.36 Å². The van der Waals surface area contributed by atoms with Crippen LogP contribution in [0.15, 0.2) is 119 Å². The number of amides is 2. The van der Waals surface area contributed by atoms with Gasteiger partial charge in [-0.25, -0.2) is 4.68 Å².